The lowest BCUT2D eigenvalue weighted by molar-refractivity contribution is -0.693. The van der Waals surface area contributed by atoms with Crippen LogP contribution in [0.4, 0.5) is 0 Å². The molecule has 1 aromatic heterocycles. The van der Waals surface area contributed by atoms with Gasteiger partial charge in [0.15, 0.2) is 0 Å². The minimum absolute atomic E-state index is 0.697. The zero-order valence-electron chi connectivity index (χ0n) is 4.67. The van der Waals surface area contributed by atoms with Crippen LogP contribution in [0.2, 0.25) is 0 Å². The molecule has 0 spiro atoms. The molecule has 1 aromatic rings. The maximum Gasteiger partial charge on any atom is 0.241 e. The molecule has 44 valence electrons. The van der Waals surface area contributed by atoms with Gasteiger partial charge < -0.3 is 5.73 Å². The molecule has 0 unspecified atom stereocenters. The molecule has 0 atom stereocenters. The fraction of sp³-hybridized carbons (Fsp3) is 0.400. The van der Waals surface area contributed by atoms with E-state index >= 15 is 0 Å². The molecular formula is C5H10N3+. The van der Waals surface area contributed by atoms with Crippen molar-refractivity contribution < 1.29 is 4.57 Å². The summed E-state index contributed by atoms with van der Waals surface area (Å²) in [4.78, 5) is 2.92. The third-order valence-corrected chi connectivity index (χ3v) is 0.990. The first-order chi connectivity index (χ1) is 3.93. The lowest BCUT2D eigenvalue weighted by Gasteiger charge is -1.85. The van der Waals surface area contributed by atoms with Crippen LogP contribution >= 0.6 is 0 Å². The first-order valence-corrected chi connectivity index (χ1v) is 2.65. The van der Waals surface area contributed by atoms with Crippen LogP contribution in [-0.4, -0.2) is 11.5 Å². The lowest BCUT2D eigenvalue weighted by atomic mass is 10.6. The second kappa shape index (κ2) is 2.47. The summed E-state index contributed by atoms with van der Waals surface area (Å²) < 4.78 is 2.00. The van der Waals surface area contributed by atoms with Crippen molar-refractivity contribution in [2.75, 3.05) is 6.54 Å². The minimum atomic E-state index is 0.697. The highest BCUT2D eigenvalue weighted by Crippen LogP contribution is 1.65. The van der Waals surface area contributed by atoms with Gasteiger partial charge in [0.25, 0.3) is 0 Å². The van der Waals surface area contributed by atoms with Crippen LogP contribution in [0, 0.1) is 0 Å². The van der Waals surface area contributed by atoms with Gasteiger partial charge in [0.1, 0.15) is 18.9 Å². The Hall–Kier alpha value is -0.830. The van der Waals surface area contributed by atoms with Crippen molar-refractivity contribution in [1.82, 2.24) is 4.98 Å². The Labute approximate surface area is 48.1 Å². The van der Waals surface area contributed by atoms with Crippen molar-refractivity contribution in [2.24, 2.45) is 5.73 Å². The number of H-pyrrole nitrogens is 1. The third-order valence-electron chi connectivity index (χ3n) is 0.990. The Morgan fingerprint density at radius 3 is 3.00 bits per heavy atom. The summed E-state index contributed by atoms with van der Waals surface area (Å²) >= 11 is 0. The molecule has 3 heteroatoms. The summed E-state index contributed by atoms with van der Waals surface area (Å²) in [7, 11) is 0. The quantitative estimate of drug-likeness (QED) is 0.486. The Balaban J connectivity index is 2.50. The lowest BCUT2D eigenvalue weighted by Crippen LogP contribution is -2.34. The molecule has 0 bridgehead atoms. The molecule has 0 aliphatic heterocycles. The zero-order chi connectivity index (χ0) is 5.82. The van der Waals surface area contributed by atoms with Crippen LogP contribution < -0.4 is 10.3 Å². The van der Waals surface area contributed by atoms with Crippen LogP contribution in [0.25, 0.3) is 0 Å². The molecule has 8 heavy (non-hydrogen) atoms. The fourth-order valence-electron chi connectivity index (χ4n) is 0.609. The van der Waals surface area contributed by atoms with E-state index < -0.39 is 0 Å². The van der Waals surface area contributed by atoms with E-state index in [4.69, 9.17) is 5.73 Å². The number of aromatic nitrogens is 2. The van der Waals surface area contributed by atoms with Gasteiger partial charge in [-0.1, -0.05) is 0 Å². The smallest absolute Gasteiger partial charge is 0.241 e. The van der Waals surface area contributed by atoms with Gasteiger partial charge in [0.05, 0.1) is 0 Å². The summed E-state index contributed by atoms with van der Waals surface area (Å²) in [5.74, 6) is 0. The second-order valence-corrected chi connectivity index (χ2v) is 1.64. The van der Waals surface area contributed by atoms with Gasteiger partial charge in [-0.15, -0.1) is 0 Å². The molecule has 1 rings (SSSR count). The average molecular weight is 112 g/mol. The molecule has 0 aliphatic rings. The Morgan fingerprint density at radius 1 is 1.62 bits per heavy atom. The van der Waals surface area contributed by atoms with E-state index in [-0.39, 0.29) is 0 Å². The molecule has 0 aromatic carbocycles. The Bertz CT molecular complexity index is 133. The van der Waals surface area contributed by atoms with Crippen LogP contribution in [-0.2, 0) is 6.54 Å². The topological polar surface area (TPSA) is 45.7 Å². The first-order valence-electron chi connectivity index (χ1n) is 2.65. The molecule has 3 N–H and O–H groups in total. The average Bonchev–Trinajstić information content (AvgIpc) is 2.19. The predicted octanol–water partition coefficient (Wildman–Crippen LogP) is -0.739. The molecule has 0 fully saturated rings. The van der Waals surface area contributed by atoms with Crippen LogP contribution in [0.3, 0.4) is 0 Å². The van der Waals surface area contributed by atoms with Crippen molar-refractivity contribution in [1.29, 1.82) is 0 Å². The van der Waals surface area contributed by atoms with Crippen molar-refractivity contribution >= 4 is 0 Å². The molecule has 0 saturated carbocycles. The SMILES string of the molecule is NCC[n+]1cc[nH]c1. The number of nitrogens with two attached hydrogens (primary N) is 1. The van der Waals surface area contributed by atoms with Crippen molar-refractivity contribution in [3.05, 3.63) is 18.7 Å². The maximum absolute atomic E-state index is 5.28. The normalized spacial score (nSPS) is 9.62. The summed E-state index contributed by atoms with van der Waals surface area (Å²) in [5.41, 5.74) is 5.28. The summed E-state index contributed by atoms with van der Waals surface area (Å²) in [6.07, 6.45) is 5.70. The molecule has 0 aliphatic carbocycles. The van der Waals surface area contributed by atoms with E-state index in [0.717, 1.165) is 6.54 Å². The predicted molar refractivity (Wildman–Crippen MR) is 30.0 cm³/mol. The fourth-order valence-corrected chi connectivity index (χ4v) is 0.609. The van der Waals surface area contributed by atoms with Crippen molar-refractivity contribution in [2.45, 2.75) is 6.54 Å². The van der Waals surface area contributed by atoms with Gasteiger partial charge in [0, 0.05) is 6.54 Å². The highest BCUT2D eigenvalue weighted by molar-refractivity contribution is 4.55. The number of imidazole rings is 1. The monoisotopic (exact) mass is 112 g/mol. The number of nitrogens with one attached hydrogen (secondary N) is 1. The Kier molecular flexibility index (Phi) is 1.64. The van der Waals surface area contributed by atoms with Gasteiger partial charge in [-0.05, 0) is 0 Å². The minimum Gasteiger partial charge on any atom is -0.327 e. The summed E-state index contributed by atoms with van der Waals surface area (Å²) in [6.45, 7) is 1.59. The van der Waals surface area contributed by atoms with E-state index in [9.17, 15) is 0 Å². The molecule has 1 heterocycles. The highest BCUT2D eigenvalue weighted by atomic mass is 15.0. The van der Waals surface area contributed by atoms with Gasteiger partial charge in [-0.25, -0.2) is 4.57 Å². The van der Waals surface area contributed by atoms with E-state index in [2.05, 4.69) is 4.98 Å². The van der Waals surface area contributed by atoms with Crippen LogP contribution in [0.5, 0.6) is 0 Å². The van der Waals surface area contributed by atoms with E-state index in [0.29, 0.717) is 6.54 Å². The van der Waals surface area contributed by atoms with Gasteiger partial charge in [-0.3, -0.25) is 4.98 Å². The maximum atomic E-state index is 5.28. The summed E-state index contributed by atoms with van der Waals surface area (Å²) in [6, 6.07) is 0. The second-order valence-electron chi connectivity index (χ2n) is 1.64. The number of nitrogens with zero attached hydrogens (tertiary/aromatic N) is 1. The number of hydrogen-bond donors (Lipinski definition) is 2. The molecule has 0 radical (unpaired) electrons. The highest BCUT2D eigenvalue weighted by Gasteiger charge is 1.89. The number of aromatic amines is 1. The number of hydrogen-bond acceptors (Lipinski definition) is 1. The summed E-state index contributed by atoms with van der Waals surface area (Å²) in [5, 5.41) is 0. The molecule has 3 nitrogen and oxygen atoms in total. The van der Waals surface area contributed by atoms with Crippen LogP contribution in [0.15, 0.2) is 18.7 Å². The van der Waals surface area contributed by atoms with E-state index in [1.807, 2.05) is 23.3 Å². The van der Waals surface area contributed by atoms with Gasteiger partial charge >= 0.3 is 0 Å². The largest absolute Gasteiger partial charge is 0.327 e. The van der Waals surface area contributed by atoms with E-state index in [1.54, 1.807) is 0 Å². The third kappa shape index (κ3) is 1.07. The van der Waals surface area contributed by atoms with Crippen LogP contribution in [0.1, 0.15) is 0 Å². The van der Waals surface area contributed by atoms with Crippen molar-refractivity contribution in [3.63, 3.8) is 0 Å². The molecular weight excluding hydrogens is 102 g/mol. The molecule has 0 saturated heterocycles. The zero-order valence-corrected chi connectivity index (χ0v) is 4.67. The van der Waals surface area contributed by atoms with E-state index in [1.165, 1.54) is 0 Å². The standard InChI is InChI=1S/C5H9N3/c6-1-3-8-4-2-7-5-8/h2,4-5H,1,3,6H2/p+1. The Morgan fingerprint density at radius 2 is 2.50 bits per heavy atom. The number of rotatable bonds is 2. The molecule has 0 amide bonds. The van der Waals surface area contributed by atoms with Gasteiger partial charge in [0.2, 0.25) is 6.33 Å². The first kappa shape index (κ1) is 5.31. The van der Waals surface area contributed by atoms with Crippen molar-refractivity contribution in [3.8, 4) is 0 Å². The van der Waals surface area contributed by atoms with Gasteiger partial charge in [-0.2, -0.15) is 0 Å².